The van der Waals surface area contributed by atoms with Crippen LogP contribution in [0, 0.1) is 16.2 Å². The maximum atomic E-state index is 13.1. The van der Waals surface area contributed by atoms with Crippen LogP contribution in [0.5, 0.6) is 0 Å². The van der Waals surface area contributed by atoms with Gasteiger partial charge in [0.05, 0.1) is 25.0 Å². The highest BCUT2D eigenvalue weighted by Gasteiger charge is 2.51. The van der Waals surface area contributed by atoms with E-state index in [4.69, 9.17) is 19.5 Å². The second-order valence-electron chi connectivity index (χ2n) is 20.0. The number of carboxylic acids is 1. The van der Waals surface area contributed by atoms with E-state index >= 15 is 0 Å². The average molecular weight is 1100 g/mol. The van der Waals surface area contributed by atoms with E-state index in [1.807, 2.05) is 0 Å². The van der Waals surface area contributed by atoms with Crippen LogP contribution in [0.4, 0.5) is 5.82 Å². The molecule has 1 saturated heterocycles. The number of amides is 2. The highest BCUT2D eigenvalue weighted by Crippen LogP contribution is 2.61. The van der Waals surface area contributed by atoms with E-state index < -0.39 is 95.9 Å². The van der Waals surface area contributed by atoms with Gasteiger partial charge < -0.3 is 56.0 Å². The maximum Gasteiger partial charge on any atom is 0.481 e. The minimum absolute atomic E-state index is 0.0274. The first-order valence-corrected chi connectivity index (χ1v) is 29.0. The normalized spacial score (nSPS) is 22.1. The van der Waals surface area contributed by atoms with Crippen LogP contribution < -0.4 is 16.4 Å². The summed E-state index contributed by atoms with van der Waals surface area (Å²) in [5, 5.41) is 36.1. The number of carbonyl (C=O) groups excluding carboxylic acids is 3. The third kappa shape index (κ3) is 16.7. The molecule has 0 spiro atoms. The third-order valence-corrected chi connectivity index (χ3v) is 16.9. The first kappa shape index (κ1) is 59.1. The molecule has 412 valence electrons. The summed E-state index contributed by atoms with van der Waals surface area (Å²) in [5.41, 5.74) is 6.01. The van der Waals surface area contributed by atoms with Crippen molar-refractivity contribution in [2.24, 2.45) is 16.2 Å². The molecule has 26 nitrogen and oxygen atoms in total. The molecule has 2 saturated carbocycles. The number of aliphatic hydroxyl groups is 2. The Labute approximate surface area is 427 Å². The van der Waals surface area contributed by atoms with Crippen LogP contribution in [-0.2, 0) is 68.3 Å². The quantitative estimate of drug-likeness (QED) is 0.0305. The lowest BCUT2D eigenvalue weighted by Crippen LogP contribution is -2.46. The van der Waals surface area contributed by atoms with E-state index in [0.29, 0.717) is 0 Å². The number of carboxylic acid groups (broad SMARTS) is 1. The summed E-state index contributed by atoms with van der Waals surface area (Å²) in [4.78, 5) is 101. The Kier molecular flexibility index (Phi) is 19.9. The SMILES string of the molecule is CC(C)(COP(=O)(O)OP(=O)(O)OCC1OC(n2cnc3c(N)ncnc32)C(O)C1OP(=O)(O)O)C(O)C(=O)NCCC(=O)NCCC(=O)C1(CCCCc2ccc(CCCCCCC3(C(=O)O)CC3)cc2)CC1. The van der Waals surface area contributed by atoms with Crippen molar-refractivity contribution in [2.75, 3.05) is 32.0 Å². The number of Topliss-reactive ketones (excluding diaryl/α,β-unsaturated/α-hetero) is 1. The molecule has 7 unspecified atom stereocenters. The Morgan fingerprint density at radius 1 is 0.838 bits per heavy atom. The number of nitrogens with one attached hydrogen (secondary N) is 2. The number of carbonyl (C=O) groups is 4. The predicted octanol–water partition coefficient (Wildman–Crippen LogP) is 3.92. The van der Waals surface area contributed by atoms with Crippen LogP contribution in [0.15, 0.2) is 36.9 Å². The number of ether oxygens (including phenoxy) is 1. The lowest BCUT2D eigenvalue weighted by atomic mass is 9.87. The lowest BCUT2D eigenvalue weighted by Gasteiger charge is -2.30. The van der Waals surface area contributed by atoms with Crippen molar-refractivity contribution >= 4 is 64.0 Å². The molecule has 1 aliphatic heterocycles. The molecule has 3 aromatic rings. The van der Waals surface area contributed by atoms with Crippen LogP contribution in [0.25, 0.3) is 11.2 Å². The van der Waals surface area contributed by atoms with Crippen molar-refractivity contribution in [3.05, 3.63) is 48.0 Å². The molecule has 2 amide bonds. The Morgan fingerprint density at radius 2 is 1.42 bits per heavy atom. The number of rotatable bonds is 33. The van der Waals surface area contributed by atoms with Crippen molar-refractivity contribution in [1.82, 2.24) is 30.2 Å². The summed E-state index contributed by atoms with van der Waals surface area (Å²) < 4.78 is 62.6. The topological polar surface area (TPSA) is 401 Å². The third-order valence-electron chi connectivity index (χ3n) is 13.8. The minimum atomic E-state index is -5.59. The van der Waals surface area contributed by atoms with Gasteiger partial charge in [-0.1, -0.05) is 63.8 Å². The standard InChI is InChI=1S/C45H68N7O19P3/c1-43(2,26-68-74(65,66)71-73(63,64)67-25-31-36(70-72(60,61)62)35(55)41(69-31)52-28-51-34-38(46)49-27-50-39(34)52)37(56)40(57)48-24-16-33(54)47-23-15-32(53)44(19-20-44)17-8-6-10-30-13-11-29(12-14-30)9-5-3-4-7-18-45(21-22-45)42(58)59/h11-14,27-28,31,35-37,41,55-56H,3-10,15-26H2,1-2H3,(H,47,54)(H,48,57)(H,58,59)(H,63,64)(H,65,66)(H2,46,49,50)(H2,60,61,62). The number of aromatic nitrogens is 4. The second-order valence-corrected chi connectivity index (χ2v) is 24.3. The minimum Gasteiger partial charge on any atom is -0.481 e. The van der Waals surface area contributed by atoms with E-state index in [1.165, 1.54) is 25.0 Å². The molecule has 0 radical (unpaired) electrons. The summed E-state index contributed by atoms with van der Waals surface area (Å²) in [6.45, 7) is 0.386. The molecule has 3 heterocycles. The molecular formula is C45H68N7O19P3. The van der Waals surface area contributed by atoms with Crippen molar-refractivity contribution in [3.63, 3.8) is 0 Å². The summed E-state index contributed by atoms with van der Waals surface area (Å²) in [6, 6.07) is 8.66. The van der Waals surface area contributed by atoms with Crippen molar-refractivity contribution in [3.8, 4) is 0 Å². The van der Waals surface area contributed by atoms with Gasteiger partial charge in [-0.2, -0.15) is 4.31 Å². The number of hydrogen-bond acceptors (Lipinski definition) is 18. The van der Waals surface area contributed by atoms with Gasteiger partial charge >= 0.3 is 29.4 Å². The Bertz CT molecular complexity index is 2590. The van der Waals surface area contributed by atoms with Gasteiger partial charge in [0.2, 0.25) is 11.8 Å². The van der Waals surface area contributed by atoms with Gasteiger partial charge in [-0.3, -0.25) is 37.3 Å². The fourth-order valence-electron chi connectivity index (χ4n) is 8.87. The van der Waals surface area contributed by atoms with E-state index in [2.05, 4.69) is 58.7 Å². The number of fused-ring (bicyclic) bond motifs is 1. The number of nitrogen functional groups attached to an aromatic ring is 1. The van der Waals surface area contributed by atoms with E-state index in [0.717, 1.165) is 107 Å². The number of nitrogens with zero attached hydrogens (tertiary/aromatic N) is 4. The number of anilines is 1. The zero-order valence-corrected chi connectivity index (χ0v) is 43.9. The number of aliphatic hydroxyl groups excluding tert-OH is 2. The number of aliphatic carboxylic acids is 1. The molecule has 0 bridgehead atoms. The number of phosphoric ester groups is 3. The van der Waals surface area contributed by atoms with Crippen LogP contribution in [0.1, 0.15) is 121 Å². The Morgan fingerprint density at radius 3 is 2.04 bits per heavy atom. The predicted molar refractivity (Wildman–Crippen MR) is 261 cm³/mol. The molecule has 11 N–H and O–H groups in total. The molecule has 1 aromatic carbocycles. The van der Waals surface area contributed by atoms with Crippen molar-refractivity contribution in [1.29, 1.82) is 0 Å². The van der Waals surface area contributed by atoms with Crippen LogP contribution in [0.3, 0.4) is 0 Å². The molecule has 2 aliphatic carbocycles. The fraction of sp³-hybridized carbons (Fsp3) is 0.667. The number of benzene rings is 1. The maximum absolute atomic E-state index is 13.1. The Hall–Kier alpha value is -4.10. The molecule has 7 atom stereocenters. The van der Waals surface area contributed by atoms with E-state index in [1.54, 1.807) is 0 Å². The average Bonchev–Trinajstić information content (AvgIpc) is 4.24. The summed E-state index contributed by atoms with van der Waals surface area (Å²) in [6.07, 6.45) is 5.96. The highest BCUT2D eigenvalue weighted by molar-refractivity contribution is 7.61. The van der Waals surface area contributed by atoms with Gasteiger partial charge in [-0.25, -0.2) is 28.6 Å². The lowest BCUT2D eigenvalue weighted by molar-refractivity contribution is -0.143. The summed E-state index contributed by atoms with van der Waals surface area (Å²) in [5.74, 6) is -2.02. The molecule has 2 aromatic heterocycles. The number of phosphoric acid groups is 3. The number of hydrogen-bond donors (Lipinski definition) is 10. The number of nitrogens with two attached hydrogens (primary N) is 1. The van der Waals surface area contributed by atoms with E-state index in [-0.39, 0.29) is 54.1 Å². The molecule has 74 heavy (non-hydrogen) atoms. The zero-order chi connectivity index (χ0) is 54.1. The van der Waals surface area contributed by atoms with Crippen LogP contribution in [-0.4, -0.2) is 129 Å². The summed E-state index contributed by atoms with van der Waals surface area (Å²) >= 11 is 0. The van der Waals surface area contributed by atoms with E-state index in [9.17, 15) is 67.8 Å². The van der Waals surface area contributed by atoms with Crippen LogP contribution in [0.2, 0.25) is 0 Å². The van der Waals surface area contributed by atoms with Gasteiger partial charge in [-0.05, 0) is 75.3 Å². The van der Waals surface area contributed by atoms with Gasteiger partial charge in [0.15, 0.2) is 17.7 Å². The highest BCUT2D eigenvalue weighted by atomic mass is 31.3. The summed E-state index contributed by atoms with van der Waals surface area (Å²) in [7, 11) is -16.5. The zero-order valence-electron chi connectivity index (χ0n) is 41.2. The Balaban J connectivity index is 0.833. The largest absolute Gasteiger partial charge is 0.481 e. The number of imidazole rings is 1. The van der Waals surface area contributed by atoms with Gasteiger partial charge in [-0.15, -0.1) is 0 Å². The van der Waals surface area contributed by atoms with Gasteiger partial charge in [0, 0.05) is 36.8 Å². The monoisotopic (exact) mass is 1100 g/mol. The molecule has 29 heteroatoms. The second kappa shape index (κ2) is 24.9. The first-order valence-electron chi connectivity index (χ1n) is 24.5. The van der Waals surface area contributed by atoms with Crippen molar-refractivity contribution < 1.29 is 90.4 Å². The molecule has 3 fully saturated rings. The van der Waals surface area contributed by atoms with Gasteiger partial charge in [0.1, 0.15) is 42.0 Å². The smallest absolute Gasteiger partial charge is 0.481 e. The fourth-order valence-corrected chi connectivity index (χ4v) is 11.7. The number of aryl methyl sites for hydroxylation is 2. The van der Waals surface area contributed by atoms with Crippen LogP contribution >= 0.6 is 23.5 Å². The molecule has 3 aliphatic rings. The number of ketones is 1. The first-order chi connectivity index (χ1) is 34.7. The molecule has 6 rings (SSSR count). The van der Waals surface area contributed by atoms with Crippen molar-refractivity contribution in [2.45, 2.75) is 147 Å². The molecular weight excluding hydrogens is 1040 g/mol. The van der Waals surface area contributed by atoms with Gasteiger partial charge in [0.25, 0.3) is 0 Å². The number of unbranched alkanes of at least 4 members (excludes halogenated alkanes) is 4.